The second-order valence-electron chi connectivity index (χ2n) is 8.32. The molecule has 5 rings (SSSR count). The van der Waals surface area contributed by atoms with Gasteiger partial charge < -0.3 is 19.7 Å². The van der Waals surface area contributed by atoms with Crippen molar-refractivity contribution in [2.24, 2.45) is 0 Å². The summed E-state index contributed by atoms with van der Waals surface area (Å²) in [5.74, 6) is -1.84. The van der Waals surface area contributed by atoms with Crippen molar-refractivity contribution in [1.82, 2.24) is 14.5 Å². The molecule has 192 valence electrons. The number of nitrogens with zero attached hydrogens (tertiary/aromatic N) is 4. The minimum atomic E-state index is -0.750. The van der Waals surface area contributed by atoms with Crippen molar-refractivity contribution < 1.29 is 33.4 Å². The molecule has 0 aliphatic carbocycles. The van der Waals surface area contributed by atoms with Crippen molar-refractivity contribution in [2.75, 3.05) is 11.9 Å². The summed E-state index contributed by atoms with van der Waals surface area (Å²) in [4.78, 5) is 21.2. The molecule has 3 heterocycles. The van der Waals surface area contributed by atoms with Gasteiger partial charge in [0.25, 0.3) is 5.69 Å². The third-order valence-electron chi connectivity index (χ3n) is 5.81. The van der Waals surface area contributed by atoms with Gasteiger partial charge in [0.1, 0.15) is 17.7 Å². The van der Waals surface area contributed by atoms with E-state index in [1.807, 2.05) is 4.57 Å². The van der Waals surface area contributed by atoms with E-state index in [2.05, 4.69) is 15.3 Å². The van der Waals surface area contributed by atoms with Crippen LogP contribution in [0.5, 0.6) is 11.6 Å². The first-order valence-electron chi connectivity index (χ1n) is 11.6. The maximum Gasteiger partial charge on any atom is 0.325 e. The number of anilines is 1. The second-order valence-corrected chi connectivity index (χ2v) is 8.32. The molecule has 0 fully saturated rings. The molecule has 0 saturated carbocycles. The topological polar surface area (TPSA) is 113 Å². The predicted octanol–water partition coefficient (Wildman–Crippen LogP) is 4.33. The van der Waals surface area contributed by atoms with Gasteiger partial charge in [-0.1, -0.05) is 0 Å². The first-order valence-corrected chi connectivity index (χ1v) is 11.6. The lowest BCUT2D eigenvalue weighted by Crippen LogP contribution is -2.41. The fraction of sp³-hybridized carbons (Fsp3) is 0.111. The zero-order chi connectivity index (χ0) is 26.6. The minimum Gasteiger partial charge on any atom is -0.434 e. The molecule has 0 atom stereocenters. The molecule has 0 aliphatic heterocycles. The number of aliphatic hydroxyl groups is 1. The molecule has 3 aromatic heterocycles. The first kappa shape index (κ1) is 24.8. The highest BCUT2D eigenvalue weighted by molar-refractivity contribution is 6.02. The Bertz CT molecular complexity index is 1620. The molecule has 1 amide bonds. The van der Waals surface area contributed by atoms with Crippen molar-refractivity contribution in [3.05, 3.63) is 96.6 Å². The average Bonchev–Trinajstić information content (AvgIpc) is 3.33. The van der Waals surface area contributed by atoms with Gasteiger partial charge >= 0.3 is 11.6 Å². The number of benzene rings is 2. The van der Waals surface area contributed by atoms with Gasteiger partial charge in [0.2, 0.25) is 5.88 Å². The monoisotopic (exact) mass is 518 g/mol. The number of hydrogen-bond acceptors (Lipinski definition) is 6. The predicted molar refractivity (Wildman–Crippen MR) is 133 cm³/mol. The molecular weight excluding hydrogens is 496 g/mol. The smallest absolute Gasteiger partial charge is 0.325 e. The zero-order valence-electron chi connectivity index (χ0n) is 19.9. The molecule has 38 heavy (non-hydrogen) atoms. The number of ether oxygens (including phenoxy) is 1. The minimum absolute atomic E-state index is 0.0121. The average molecular weight is 519 g/mol. The molecule has 2 aromatic carbocycles. The van der Waals surface area contributed by atoms with E-state index in [1.54, 1.807) is 24.4 Å². The highest BCUT2D eigenvalue weighted by Crippen LogP contribution is 2.30. The van der Waals surface area contributed by atoms with E-state index >= 15 is 0 Å². The maximum atomic E-state index is 15.0. The summed E-state index contributed by atoms with van der Waals surface area (Å²) < 4.78 is 36.5. The Hall–Kier alpha value is -4.90. The van der Waals surface area contributed by atoms with E-state index in [4.69, 9.17) is 9.84 Å². The standard InChI is InChI=1S/C27H21F2N5O4/c28-18-7-5-17(6-8-18)22-3-1-4-23(34(22)37)26(36)32-19-9-10-24(20(29)15-19)38-27-25-21(30-16-31-27)11-13-33(25)12-2-14-35/h1,3-11,13,15-16,35H,2,12,14H2,(H-,32,36,37)/p+1. The lowest BCUT2D eigenvalue weighted by molar-refractivity contribution is -0.897. The Morgan fingerprint density at radius 2 is 1.87 bits per heavy atom. The SMILES string of the molecule is O=C(Nc1ccc(Oc2ncnc3ccn(CCCO)c23)c(F)c1)c1cccc(-c2ccc(F)cc2)[n+]1O. The van der Waals surface area contributed by atoms with Crippen molar-refractivity contribution in [3.8, 4) is 22.9 Å². The van der Waals surface area contributed by atoms with Crippen molar-refractivity contribution in [1.29, 1.82) is 0 Å². The molecule has 9 nitrogen and oxygen atoms in total. The molecule has 5 aromatic rings. The van der Waals surface area contributed by atoms with Gasteiger partial charge in [-0.15, -0.1) is 0 Å². The maximum absolute atomic E-state index is 15.0. The van der Waals surface area contributed by atoms with Crippen LogP contribution in [-0.4, -0.2) is 37.4 Å². The Balaban J connectivity index is 1.36. The van der Waals surface area contributed by atoms with Crippen molar-refractivity contribution >= 4 is 22.6 Å². The number of rotatable bonds is 8. The van der Waals surface area contributed by atoms with Crippen LogP contribution in [0.1, 0.15) is 16.9 Å². The number of aryl methyl sites for hydroxylation is 1. The number of pyridine rings is 1. The van der Waals surface area contributed by atoms with Crippen LogP contribution in [0.3, 0.4) is 0 Å². The number of halogens is 2. The zero-order valence-corrected chi connectivity index (χ0v) is 19.9. The fourth-order valence-corrected chi connectivity index (χ4v) is 3.98. The van der Waals surface area contributed by atoms with E-state index in [0.717, 1.165) is 6.07 Å². The third kappa shape index (κ3) is 5.00. The van der Waals surface area contributed by atoms with E-state index in [0.29, 0.717) is 34.3 Å². The molecule has 0 radical (unpaired) electrons. The number of amides is 1. The molecule has 0 bridgehead atoms. The molecule has 0 saturated heterocycles. The Morgan fingerprint density at radius 3 is 2.63 bits per heavy atom. The number of aromatic nitrogens is 4. The van der Waals surface area contributed by atoms with E-state index in [-0.39, 0.29) is 35.3 Å². The van der Waals surface area contributed by atoms with Gasteiger partial charge in [-0.2, -0.15) is 4.98 Å². The first-order chi connectivity index (χ1) is 18.4. The Morgan fingerprint density at radius 1 is 1.05 bits per heavy atom. The van der Waals surface area contributed by atoms with E-state index in [1.165, 1.54) is 48.8 Å². The number of nitrogens with one attached hydrogen (secondary N) is 1. The van der Waals surface area contributed by atoms with Gasteiger partial charge in [0, 0.05) is 48.0 Å². The summed E-state index contributed by atoms with van der Waals surface area (Å²) in [6.45, 7) is 0.516. The summed E-state index contributed by atoms with van der Waals surface area (Å²) in [7, 11) is 0. The van der Waals surface area contributed by atoms with Gasteiger partial charge in [-0.25, -0.2) is 13.8 Å². The number of hydrogen-bond donors (Lipinski definition) is 3. The van der Waals surface area contributed by atoms with Gasteiger partial charge in [0.15, 0.2) is 11.6 Å². The fourth-order valence-electron chi connectivity index (χ4n) is 3.98. The summed E-state index contributed by atoms with van der Waals surface area (Å²) >= 11 is 0. The quantitative estimate of drug-likeness (QED) is 0.208. The number of fused-ring (bicyclic) bond motifs is 1. The molecular formula is C27H22F2N5O4+. The highest BCUT2D eigenvalue weighted by Gasteiger charge is 2.25. The van der Waals surface area contributed by atoms with Crippen LogP contribution in [0.2, 0.25) is 0 Å². The van der Waals surface area contributed by atoms with Crippen molar-refractivity contribution in [2.45, 2.75) is 13.0 Å². The summed E-state index contributed by atoms with van der Waals surface area (Å²) in [6.07, 6.45) is 3.61. The summed E-state index contributed by atoms with van der Waals surface area (Å²) in [5.41, 5.74) is 1.96. The van der Waals surface area contributed by atoms with Gasteiger partial charge in [0.05, 0.1) is 11.1 Å². The molecule has 3 N–H and O–H groups in total. The van der Waals surface area contributed by atoms with Crippen LogP contribution in [0, 0.1) is 11.6 Å². The lowest BCUT2D eigenvalue weighted by atomic mass is 10.1. The van der Waals surface area contributed by atoms with Crippen LogP contribution >= 0.6 is 0 Å². The van der Waals surface area contributed by atoms with Gasteiger partial charge in [-0.3, -0.25) is 10.0 Å². The normalized spacial score (nSPS) is 11.0. The van der Waals surface area contributed by atoms with Crippen LogP contribution in [-0.2, 0) is 6.54 Å². The third-order valence-corrected chi connectivity index (χ3v) is 5.81. The molecule has 11 heteroatoms. The number of aliphatic hydroxyl groups excluding tert-OH is 1. The highest BCUT2D eigenvalue weighted by atomic mass is 19.1. The number of carbonyl (C=O) groups is 1. The second kappa shape index (κ2) is 10.6. The summed E-state index contributed by atoms with van der Waals surface area (Å²) in [5, 5.41) is 22.3. The van der Waals surface area contributed by atoms with E-state index in [9.17, 15) is 18.8 Å². The summed E-state index contributed by atoms with van der Waals surface area (Å²) in [6, 6.07) is 15.6. The van der Waals surface area contributed by atoms with Crippen LogP contribution in [0.25, 0.3) is 22.3 Å². The van der Waals surface area contributed by atoms with Gasteiger partial charge in [-0.05, 0) is 55.0 Å². The molecule has 0 unspecified atom stereocenters. The van der Waals surface area contributed by atoms with E-state index < -0.39 is 17.5 Å². The molecule has 0 aliphatic rings. The van der Waals surface area contributed by atoms with Crippen molar-refractivity contribution in [3.63, 3.8) is 0 Å². The lowest BCUT2D eigenvalue weighted by Gasteiger charge is -2.11. The van der Waals surface area contributed by atoms with Crippen LogP contribution in [0.4, 0.5) is 14.5 Å². The molecule has 0 spiro atoms. The van der Waals surface area contributed by atoms with Crippen LogP contribution < -0.4 is 14.8 Å². The Kier molecular flexibility index (Phi) is 6.92. The largest absolute Gasteiger partial charge is 0.434 e. The van der Waals surface area contributed by atoms with Crippen LogP contribution in [0.15, 0.2) is 79.3 Å². The number of carbonyl (C=O) groups excluding carboxylic acids is 1. The Labute approximate surface area is 215 Å².